The Morgan fingerprint density at radius 2 is 2.30 bits per heavy atom. The molecular formula is C17H23NO2. The minimum Gasteiger partial charge on any atom is -0.493 e. The first-order valence-electron chi connectivity index (χ1n) is 7.77. The van der Waals surface area contributed by atoms with Gasteiger partial charge < -0.3 is 10.1 Å². The summed E-state index contributed by atoms with van der Waals surface area (Å²) in [5.41, 5.74) is 1.75. The molecule has 0 bridgehead atoms. The lowest BCUT2D eigenvalue weighted by Crippen LogP contribution is -2.45. The monoisotopic (exact) mass is 273 g/mol. The van der Waals surface area contributed by atoms with Crippen molar-refractivity contribution in [1.82, 2.24) is 5.32 Å². The Morgan fingerprint density at radius 3 is 3.05 bits per heavy atom. The minimum atomic E-state index is -0.242. The van der Waals surface area contributed by atoms with Gasteiger partial charge in [-0.15, -0.1) is 0 Å². The standard InChI is InChI=1S/C17H23NO2/c1-2-17(9-5-10-18-12-17)16(19)14-8-3-6-13-7-4-11-20-15(13)14/h3,6,8,18H,2,4-5,7,9-12H2,1H3. The van der Waals surface area contributed by atoms with Gasteiger partial charge in [0.25, 0.3) is 0 Å². The van der Waals surface area contributed by atoms with E-state index < -0.39 is 0 Å². The molecule has 1 aromatic rings. The van der Waals surface area contributed by atoms with Gasteiger partial charge in [0.05, 0.1) is 12.2 Å². The van der Waals surface area contributed by atoms with E-state index in [1.165, 1.54) is 5.56 Å². The van der Waals surface area contributed by atoms with Crippen LogP contribution in [0.2, 0.25) is 0 Å². The van der Waals surface area contributed by atoms with Crippen molar-refractivity contribution >= 4 is 5.78 Å². The summed E-state index contributed by atoms with van der Waals surface area (Å²) < 4.78 is 5.81. The van der Waals surface area contributed by atoms with Crippen molar-refractivity contribution in [3.8, 4) is 5.75 Å². The topological polar surface area (TPSA) is 38.3 Å². The van der Waals surface area contributed by atoms with Gasteiger partial charge in [-0.2, -0.15) is 0 Å². The van der Waals surface area contributed by atoms with Gasteiger partial charge in [0.1, 0.15) is 5.75 Å². The molecule has 3 heteroatoms. The summed E-state index contributed by atoms with van der Waals surface area (Å²) in [6, 6.07) is 6.03. The largest absolute Gasteiger partial charge is 0.493 e. The van der Waals surface area contributed by atoms with Crippen LogP contribution in [0.1, 0.15) is 48.5 Å². The highest BCUT2D eigenvalue weighted by molar-refractivity contribution is 6.03. The number of benzene rings is 1. The molecule has 108 valence electrons. The lowest BCUT2D eigenvalue weighted by Gasteiger charge is -2.36. The zero-order valence-corrected chi connectivity index (χ0v) is 12.2. The first kappa shape index (κ1) is 13.6. The van der Waals surface area contributed by atoms with E-state index in [9.17, 15) is 4.79 Å². The van der Waals surface area contributed by atoms with Crippen LogP contribution in [0.3, 0.4) is 0 Å². The predicted molar refractivity (Wildman–Crippen MR) is 79.4 cm³/mol. The highest BCUT2D eigenvalue weighted by Crippen LogP contribution is 2.38. The Bertz CT molecular complexity index is 504. The number of hydrogen-bond donors (Lipinski definition) is 1. The van der Waals surface area contributed by atoms with Crippen LogP contribution in [0.25, 0.3) is 0 Å². The van der Waals surface area contributed by atoms with E-state index in [0.717, 1.165) is 63.1 Å². The first-order chi connectivity index (χ1) is 9.77. The molecule has 1 aromatic carbocycles. The number of carbonyl (C=O) groups is 1. The quantitative estimate of drug-likeness (QED) is 0.860. The van der Waals surface area contributed by atoms with E-state index in [1.54, 1.807) is 0 Å². The van der Waals surface area contributed by atoms with E-state index in [0.29, 0.717) is 0 Å². The van der Waals surface area contributed by atoms with Crippen LogP contribution >= 0.6 is 0 Å². The Kier molecular flexibility index (Phi) is 3.79. The smallest absolute Gasteiger partial charge is 0.173 e. The van der Waals surface area contributed by atoms with E-state index >= 15 is 0 Å². The second-order valence-electron chi connectivity index (χ2n) is 5.99. The number of Topliss-reactive ketones (excluding diaryl/α,β-unsaturated/α-hetero) is 1. The zero-order chi connectivity index (χ0) is 14.0. The molecule has 1 N–H and O–H groups in total. The molecule has 1 fully saturated rings. The van der Waals surface area contributed by atoms with Gasteiger partial charge in [0.15, 0.2) is 5.78 Å². The molecule has 0 amide bonds. The molecule has 1 unspecified atom stereocenters. The zero-order valence-electron chi connectivity index (χ0n) is 12.2. The van der Waals surface area contributed by atoms with Crippen LogP contribution in [-0.4, -0.2) is 25.5 Å². The maximum absolute atomic E-state index is 13.1. The number of piperidine rings is 1. The van der Waals surface area contributed by atoms with Crippen molar-refractivity contribution in [2.45, 2.75) is 39.0 Å². The molecule has 0 radical (unpaired) electrons. The number of aryl methyl sites for hydroxylation is 1. The van der Waals surface area contributed by atoms with Gasteiger partial charge in [-0.3, -0.25) is 4.79 Å². The van der Waals surface area contributed by atoms with Gasteiger partial charge in [0.2, 0.25) is 0 Å². The molecule has 3 rings (SSSR count). The summed E-state index contributed by atoms with van der Waals surface area (Å²) in [6.07, 6.45) is 5.02. The SMILES string of the molecule is CCC1(C(=O)c2cccc3c2OCCC3)CCCNC1. The fourth-order valence-electron chi connectivity index (χ4n) is 3.48. The molecule has 2 aliphatic heterocycles. The van der Waals surface area contributed by atoms with Crippen molar-refractivity contribution in [3.05, 3.63) is 29.3 Å². The second kappa shape index (κ2) is 5.57. The summed E-state index contributed by atoms with van der Waals surface area (Å²) in [6.45, 7) is 4.68. The maximum atomic E-state index is 13.1. The summed E-state index contributed by atoms with van der Waals surface area (Å²) >= 11 is 0. The fourth-order valence-corrected chi connectivity index (χ4v) is 3.48. The maximum Gasteiger partial charge on any atom is 0.173 e. The molecule has 1 atom stereocenters. The summed E-state index contributed by atoms with van der Waals surface area (Å²) in [5.74, 6) is 1.12. The average molecular weight is 273 g/mol. The minimum absolute atomic E-state index is 0.242. The Morgan fingerprint density at radius 1 is 1.40 bits per heavy atom. The molecule has 0 aromatic heterocycles. The van der Waals surface area contributed by atoms with Gasteiger partial charge >= 0.3 is 0 Å². The van der Waals surface area contributed by atoms with Crippen molar-refractivity contribution in [1.29, 1.82) is 0 Å². The molecule has 3 nitrogen and oxygen atoms in total. The van der Waals surface area contributed by atoms with Crippen molar-refractivity contribution in [2.75, 3.05) is 19.7 Å². The third-order valence-electron chi connectivity index (χ3n) is 4.81. The van der Waals surface area contributed by atoms with E-state index in [1.807, 2.05) is 12.1 Å². The van der Waals surface area contributed by atoms with Gasteiger partial charge in [-0.25, -0.2) is 0 Å². The number of carbonyl (C=O) groups excluding carboxylic acids is 1. The Labute approximate surface area is 120 Å². The Hall–Kier alpha value is -1.35. The molecular weight excluding hydrogens is 250 g/mol. The number of ether oxygens (including phenoxy) is 1. The normalized spacial score (nSPS) is 25.6. The third kappa shape index (κ3) is 2.24. The number of ketones is 1. The van der Waals surface area contributed by atoms with Crippen molar-refractivity contribution in [3.63, 3.8) is 0 Å². The highest BCUT2D eigenvalue weighted by Gasteiger charge is 2.39. The summed E-state index contributed by atoms with van der Waals surface area (Å²) in [4.78, 5) is 13.1. The van der Waals surface area contributed by atoms with Gasteiger partial charge in [0, 0.05) is 12.0 Å². The van der Waals surface area contributed by atoms with Crippen LogP contribution in [0.5, 0.6) is 5.75 Å². The van der Waals surface area contributed by atoms with Crippen LogP contribution < -0.4 is 10.1 Å². The lowest BCUT2D eigenvalue weighted by molar-refractivity contribution is 0.0725. The first-order valence-corrected chi connectivity index (χ1v) is 7.77. The van der Waals surface area contributed by atoms with Gasteiger partial charge in [-0.05, 0) is 50.3 Å². The average Bonchev–Trinajstić information content (AvgIpc) is 2.54. The van der Waals surface area contributed by atoms with Crippen molar-refractivity contribution in [2.24, 2.45) is 5.41 Å². The molecule has 20 heavy (non-hydrogen) atoms. The molecule has 0 aliphatic carbocycles. The molecule has 2 heterocycles. The highest BCUT2D eigenvalue weighted by atomic mass is 16.5. The third-order valence-corrected chi connectivity index (χ3v) is 4.81. The van der Waals surface area contributed by atoms with Crippen LogP contribution in [0, 0.1) is 5.41 Å². The summed E-state index contributed by atoms with van der Waals surface area (Å²) in [5, 5.41) is 3.40. The second-order valence-corrected chi connectivity index (χ2v) is 5.99. The number of hydrogen-bond acceptors (Lipinski definition) is 3. The number of nitrogens with one attached hydrogen (secondary N) is 1. The van der Waals surface area contributed by atoms with Crippen LogP contribution in [-0.2, 0) is 6.42 Å². The van der Waals surface area contributed by atoms with E-state index in [4.69, 9.17) is 4.74 Å². The molecule has 0 saturated carbocycles. The molecule has 1 saturated heterocycles. The molecule has 2 aliphatic rings. The number of para-hydroxylation sites is 1. The van der Waals surface area contributed by atoms with Crippen LogP contribution in [0.4, 0.5) is 0 Å². The van der Waals surface area contributed by atoms with E-state index in [2.05, 4.69) is 18.3 Å². The lowest BCUT2D eigenvalue weighted by atomic mass is 9.72. The van der Waals surface area contributed by atoms with E-state index in [-0.39, 0.29) is 11.2 Å². The molecule has 0 spiro atoms. The number of rotatable bonds is 3. The fraction of sp³-hybridized carbons (Fsp3) is 0.588. The Balaban J connectivity index is 1.97. The predicted octanol–water partition coefficient (Wildman–Crippen LogP) is 2.97. The van der Waals surface area contributed by atoms with Crippen molar-refractivity contribution < 1.29 is 9.53 Å². The summed E-state index contributed by atoms with van der Waals surface area (Å²) in [7, 11) is 0. The number of fused-ring (bicyclic) bond motifs is 1. The van der Waals surface area contributed by atoms with Gasteiger partial charge in [-0.1, -0.05) is 19.1 Å². The van der Waals surface area contributed by atoms with Crippen LogP contribution in [0.15, 0.2) is 18.2 Å².